The van der Waals surface area contributed by atoms with Crippen molar-refractivity contribution in [3.63, 3.8) is 0 Å². The minimum Gasteiger partial charge on any atom is -0.360 e. The van der Waals surface area contributed by atoms with Crippen molar-refractivity contribution in [1.82, 2.24) is 15.3 Å². The van der Waals surface area contributed by atoms with Gasteiger partial charge < -0.3 is 5.32 Å². The molecule has 4 rings (SSSR count). The van der Waals surface area contributed by atoms with Gasteiger partial charge in [0.1, 0.15) is 11.9 Å². The quantitative estimate of drug-likeness (QED) is 0.639. The SMILES string of the molecule is N#Cc1cnc2ccc(/C=C3\SC(NCc4ccc(F)cc4Cl)=NC3=O)nc2c1. The zero-order valence-electron chi connectivity index (χ0n) is 14.7. The van der Waals surface area contributed by atoms with E-state index in [9.17, 15) is 9.18 Å². The van der Waals surface area contributed by atoms with Crippen LogP contribution in [0.2, 0.25) is 5.02 Å². The summed E-state index contributed by atoms with van der Waals surface area (Å²) in [5.41, 5.74) is 2.89. The largest absolute Gasteiger partial charge is 0.360 e. The van der Waals surface area contributed by atoms with Crippen LogP contribution in [-0.2, 0) is 11.3 Å². The van der Waals surface area contributed by atoms with Gasteiger partial charge in [0, 0.05) is 17.8 Å². The minimum atomic E-state index is -0.410. The van der Waals surface area contributed by atoms with E-state index in [2.05, 4.69) is 20.3 Å². The molecule has 0 fully saturated rings. The molecule has 0 unspecified atom stereocenters. The maximum absolute atomic E-state index is 13.1. The maximum Gasteiger partial charge on any atom is 0.286 e. The summed E-state index contributed by atoms with van der Waals surface area (Å²) in [6.07, 6.45) is 3.12. The summed E-state index contributed by atoms with van der Waals surface area (Å²) >= 11 is 7.19. The Bertz CT molecular complexity index is 1250. The lowest BCUT2D eigenvalue weighted by Crippen LogP contribution is -2.18. The molecule has 29 heavy (non-hydrogen) atoms. The molecular formula is C20H11ClFN5OS. The lowest BCUT2D eigenvalue weighted by atomic mass is 10.2. The van der Waals surface area contributed by atoms with Gasteiger partial charge >= 0.3 is 0 Å². The van der Waals surface area contributed by atoms with E-state index in [1.165, 1.54) is 30.1 Å². The number of nitrogens with zero attached hydrogens (tertiary/aromatic N) is 4. The summed E-state index contributed by atoms with van der Waals surface area (Å²) in [5, 5.41) is 12.8. The molecule has 2 aromatic heterocycles. The highest BCUT2D eigenvalue weighted by molar-refractivity contribution is 8.18. The standard InChI is InChI=1S/C20H11ClFN5OS/c21-15-6-13(22)2-1-12(15)10-25-20-27-19(28)18(29-20)7-14-3-4-16-17(26-14)5-11(8-23)9-24-16/h1-7,9H,10H2,(H,25,27,28)/b18-7-. The van der Waals surface area contributed by atoms with Gasteiger partial charge in [-0.3, -0.25) is 9.78 Å². The fourth-order valence-corrected chi connectivity index (χ4v) is 3.65. The van der Waals surface area contributed by atoms with Crippen LogP contribution in [-0.4, -0.2) is 21.0 Å². The number of fused-ring (bicyclic) bond motifs is 1. The number of aromatic nitrogens is 2. The Labute approximate surface area is 174 Å². The zero-order valence-corrected chi connectivity index (χ0v) is 16.3. The topological polar surface area (TPSA) is 91.0 Å². The Hall–Kier alpha value is -3.28. The fourth-order valence-electron chi connectivity index (χ4n) is 2.62. The summed E-state index contributed by atoms with van der Waals surface area (Å²) < 4.78 is 13.1. The molecule has 142 valence electrons. The van der Waals surface area contributed by atoms with Crippen molar-refractivity contribution in [3.8, 4) is 6.07 Å². The number of carbonyl (C=O) groups excluding carboxylic acids is 1. The monoisotopic (exact) mass is 423 g/mol. The number of hydrogen-bond donors (Lipinski definition) is 1. The van der Waals surface area contributed by atoms with Crippen LogP contribution >= 0.6 is 23.4 Å². The van der Waals surface area contributed by atoms with Crippen LogP contribution in [0.4, 0.5) is 4.39 Å². The van der Waals surface area contributed by atoms with E-state index in [0.29, 0.717) is 49.5 Å². The molecule has 0 bridgehead atoms. The van der Waals surface area contributed by atoms with E-state index in [1.54, 1.807) is 30.3 Å². The molecule has 1 amide bonds. The van der Waals surface area contributed by atoms with Gasteiger partial charge in [0.05, 0.1) is 27.2 Å². The second kappa shape index (κ2) is 7.99. The molecule has 0 spiro atoms. The first kappa shape index (κ1) is 19.1. The van der Waals surface area contributed by atoms with Crippen molar-refractivity contribution >= 4 is 51.5 Å². The van der Waals surface area contributed by atoms with Gasteiger partial charge in [-0.05, 0) is 53.7 Å². The van der Waals surface area contributed by atoms with Gasteiger partial charge in [-0.25, -0.2) is 9.37 Å². The number of nitrogens with one attached hydrogen (secondary N) is 1. The number of hydrogen-bond acceptors (Lipinski definition) is 6. The summed E-state index contributed by atoms with van der Waals surface area (Å²) in [7, 11) is 0. The van der Waals surface area contributed by atoms with E-state index in [4.69, 9.17) is 16.9 Å². The molecule has 1 aromatic carbocycles. The molecule has 1 aliphatic rings. The molecule has 6 nitrogen and oxygen atoms in total. The second-order valence-corrected chi connectivity index (χ2v) is 7.47. The fraction of sp³-hybridized carbons (Fsp3) is 0.0500. The molecule has 1 aliphatic heterocycles. The van der Waals surface area contributed by atoms with E-state index >= 15 is 0 Å². The lowest BCUT2D eigenvalue weighted by Gasteiger charge is -2.06. The van der Waals surface area contributed by atoms with Crippen LogP contribution in [0.1, 0.15) is 16.8 Å². The number of rotatable bonds is 3. The molecule has 1 N–H and O–H groups in total. The van der Waals surface area contributed by atoms with Gasteiger partial charge in [0.15, 0.2) is 5.17 Å². The summed E-state index contributed by atoms with van der Waals surface area (Å²) in [4.78, 5) is 25.2. The van der Waals surface area contributed by atoms with Gasteiger partial charge in [-0.15, -0.1) is 0 Å². The van der Waals surface area contributed by atoms with Crippen LogP contribution in [0, 0.1) is 17.1 Å². The minimum absolute atomic E-state index is 0.300. The molecule has 3 aromatic rings. The lowest BCUT2D eigenvalue weighted by molar-refractivity contribution is -0.113. The van der Waals surface area contributed by atoms with E-state index < -0.39 is 5.82 Å². The number of pyridine rings is 2. The predicted molar refractivity (Wildman–Crippen MR) is 111 cm³/mol. The molecule has 9 heteroatoms. The Morgan fingerprint density at radius 1 is 1.24 bits per heavy atom. The third-order valence-corrected chi connectivity index (χ3v) is 5.33. The number of thioether (sulfide) groups is 1. The highest BCUT2D eigenvalue weighted by atomic mass is 35.5. The van der Waals surface area contributed by atoms with Gasteiger partial charge in [0.2, 0.25) is 0 Å². The predicted octanol–water partition coefficient (Wildman–Crippen LogP) is 4.05. The number of aliphatic imine (C=N–C) groups is 1. The smallest absolute Gasteiger partial charge is 0.286 e. The molecule has 0 aliphatic carbocycles. The molecule has 0 atom stereocenters. The average molecular weight is 424 g/mol. The Kier molecular flexibility index (Phi) is 5.25. The van der Waals surface area contributed by atoms with Crippen molar-refractivity contribution in [1.29, 1.82) is 5.26 Å². The zero-order chi connectivity index (χ0) is 20.4. The van der Waals surface area contributed by atoms with Crippen LogP contribution in [0.5, 0.6) is 0 Å². The summed E-state index contributed by atoms with van der Waals surface area (Å²) in [6, 6.07) is 11.3. The van der Waals surface area contributed by atoms with Crippen LogP contribution in [0.3, 0.4) is 0 Å². The maximum atomic E-state index is 13.1. The molecule has 3 heterocycles. The number of amides is 1. The van der Waals surface area contributed by atoms with E-state index in [0.717, 1.165) is 0 Å². The van der Waals surface area contributed by atoms with Gasteiger partial charge in [-0.1, -0.05) is 17.7 Å². The first-order valence-electron chi connectivity index (χ1n) is 8.39. The number of nitriles is 1. The molecular weight excluding hydrogens is 413 g/mol. The first-order chi connectivity index (χ1) is 14.0. The number of benzene rings is 1. The van der Waals surface area contributed by atoms with Crippen LogP contribution < -0.4 is 5.32 Å². The van der Waals surface area contributed by atoms with Crippen molar-refractivity contribution in [2.24, 2.45) is 4.99 Å². The molecule has 0 saturated heterocycles. The van der Waals surface area contributed by atoms with Gasteiger partial charge in [0.25, 0.3) is 5.91 Å². The van der Waals surface area contributed by atoms with E-state index in [-0.39, 0.29) is 5.91 Å². The van der Waals surface area contributed by atoms with Gasteiger partial charge in [-0.2, -0.15) is 10.3 Å². The number of halogens is 2. The Morgan fingerprint density at radius 3 is 2.90 bits per heavy atom. The second-order valence-electron chi connectivity index (χ2n) is 6.03. The number of carbonyl (C=O) groups is 1. The summed E-state index contributed by atoms with van der Waals surface area (Å²) in [6.45, 7) is 0.308. The first-order valence-corrected chi connectivity index (χ1v) is 9.58. The van der Waals surface area contributed by atoms with Crippen molar-refractivity contribution in [2.75, 3.05) is 0 Å². The third-order valence-electron chi connectivity index (χ3n) is 4.03. The summed E-state index contributed by atoms with van der Waals surface area (Å²) in [5.74, 6) is -0.791. The number of amidine groups is 1. The highest BCUT2D eigenvalue weighted by Gasteiger charge is 2.22. The van der Waals surface area contributed by atoms with Crippen LogP contribution in [0.15, 0.2) is 52.5 Å². The van der Waals surface area contributed by atoms with Crippen molar-refractivity contribution in [3.05, 3.63) is 75.2 Å². The third kappa shape index (κ3) is 4.26. The Morgan fingerprint density at radius 2 is 2.10 bits per heavy atom. The molecule has 0 saturated carbocycles. The highest BCUT2D eigenvalue weighted by Crippen LogP contribution is 2.28. The molecule has 0 radical (unpaired) electrons. The Balaban J connectivity index is 1.49. The van der Waals surface area contributed by atoms with E-state index in [1.807, 2.05) is 6.07 Å². The van der Waals surface area contributed by atoms with Crippen molar-refractivity contribution < 1.29 is 9.18 Å². The van der Waals surface area contributed by atoms with Crippen LogP contribution in [0.25, 0.3) is 17.1 Å². The normalized spacial score (nSPS) is 14.9. The van der Waals surface area contributed by atoms with Crippen molar-refractivity contribution in [2.45, 2.75) is 6.54 Å². The average Bonchev–Trinajstić information content (AvgIpc) is 3.06.